The van der Waals surface area contributed by atoms with Crippen molar-refractivity contribution in [2.75, 3.05) is 6.54 Å². The molecule has 0 atom stereocenters. The van der Waals surface area contributed by atoms with Crippen molar-refractivity contribution < 1.29 is 4.79 Å². The first kappa shape index (κ1) is 14.3. The summed E-state index contributed by atoms with van der Waals surface area (Å²) in [6, 6.07) is 7.36. The molecular weight excluding hydrogens is 274 g/mol. The van der Waals surface area contributed by atoms with Crippen LogP contribution in [0.4, 0.5) is 0 Å². The van der Waals surface area contributed by atoms with Gasteiger partial charge in [-0.2, -0.15) is 0 Å². The van der Waals surface area contributed by atoms with E-state index < -0.39 is 0 Å². The molecule has 0 saturated carbocycles. The van der Waals surface area contributed by atoms with Gasteiger partial charge in [-0.25, -0.2) is 4.98 Å². The summed E-state index contributed by atoms with van der Waals surface area (Å²) < 4.78 is 1.98. The summed E-state index contributed by atoms with van der Waals surface area (Å²) in [5, 5.41) is 3.50. The third-order valence-corrected chi connectivity index (χ3v) is 2.96. The lowest BCUT2D eigenvalue weighted by molar-refractivity contribution is -0.116. The van der Waals surface area contributed by atoms with Gasteiger partial charge in [0.2, 0.25) is 5.91 Å². The van der Waals surface area contributed by atoms with Crippen LogP contribution >= 0.6 is 11.6 Å². The van der Waals surface area contributed by atoms with Crippen molar-refractivity contribution in [1.29, 1.82) is 0 Å². The highest BCUT2D eigenvalue weighted by atomic mass is 35.5. The number of halogens is 1. The SMILES string of the molecule is O=C(C=Cc1cccc(Cl)c1)NCCCn1ccnc1. The minimum atomic E-state index is -0.101. The zero-order valence-electron chi connectivity index (χ0n) is 11.0. The van der Waals surface area contributed by atoms with Gasteiger partial charge in [0.25, 0.3) is 0 Å². The fourth-order valence-corrected chi connectivity index (χ4v) is 1.93. The summed E-state index contributed by atoms with van der Waals surface area (Å²) in [7, 11) is 0. The van der Waals surface area contributed by atoms with Crippen LogP contribution in [0.3, 0.4) is 0 Å². The van der Waals surface area contributed by atoms with E-state index in [9.17, 15) is 4.79 Å². The molecule has 1 aromatic heterocycles. The molecule has 0 bridgehead atoms. The molecule has 4 nitrogen and oxygen atoms in total. The maximum atomic E-state index is 11.6. The number of aromatic nitrogens is 2. The average Bonchev–Trinajstić information content (AvgIpc) is 2.95. The molecule has 2 aromatic rings. The number of benzene rings is 1. The second-order valence-corrected chi connectivity index (χ2v) is 4.77. The number of aryl methyl sites for hydroxylation is 1. The first-order valence-electron chi connectivity index (χ1n) is 6.41. The molecule has 0 fully saturated rings. The Kier molecular flexibility index (Phi) is 5.38. The first-order chi connectivity index (χ1) is 9.74. The number of hydrogen-bond acceptors (Lipinski definition) is 2. The van der Waals surface area contributed by atoms with E-state index in [1.807, 2.05) is 29.0 Å². The van der Waals surface area contributed by atoms with Gasteiger partial charge in [-0.1, -0.05) is 23.7 Å². The van der Waals surface area contributed by atoms with Crippen molar-refractivity contribution in [3.63, 3.8) is 0 Å². The maximum Gasteiger partial charge on any atom is 0.244 e. The van der Waals surface area contributed by atoms with E-state index >= 15 is 0 Å². The van der Waals surface area contributed by atoms with Crippen molar-refractivity contribution in [3.8, 4) is 0 Å². The van der Waals surface area contributed by atoms with Crippen LogP contribution in [0.15, 0.2) is 49.1 Å². The highest BCUT2D eigenvalue weighted by molar-refractivity contribution is 6.30. The van der Waals surface area contributed by atoms with E-state index in [1.165, 1.54) is 6.08 Å². The second kappa shape index (κ2) is 7.50. The van der Waals surface area contributed by atoms with Crippen LogP contribution in [-0.4, -0.2) is 22.0 Å². The molecule has 104 valence electrons. The molecule has 2 rings (SSSR count). The normalized spacial score (nSPS) is 10.8. The summed E-state index contributed by atoms with van der Waals surface area (Å²) in [5.74, 6) is -0.101. The zero-order chi connectivity index (χ0) is 14.2. The van der Waals surface area contributed by atoms with Crippen molar-refractivity contribution in [1.82, 2.24) is 14.9 Å². The third-order valence-electron chi connectivity index (χ3n) is 2.73. The van der Waals surface area contributed by atoms with Gasteiger partial charge in [0.05, 0.1) is 6.33 Å². The predicted octanol–water partition coefficient (Wildman–Crippen LogP) is 2.76. The van der Waals surface area contributed by atoms with Crippen molar-refractivity contribution in [2.24, 2.45) is 0 Å². The van der Waals surface area contributed by atoms with E-state index in [0.29, 0.717) is 11.6 Å². The van der Waals surface area contributed by atoms with Crippen molar-refractivity contribution >= 4 is 23.6 Å². The summed E-state index contributed by atoms with van der Waals surface area (Å²) in [4.78, 5) is 15.6. The van der Waals surface area contributed by atoms with Crippen LogP contribution in [0, 0.1) is 0 Å². The van der Waals surface area contributed by atoms with Gasteiger partial charge in [0.1, 0.15) is 0 Å². The number of nitrogens with zero attached hydrogens (tertiary/aromatic N) is 2. The number of nitrogens with one attached hydrogen (secondary N) is 1. The Morgan fingerprint density at radius 2 is 2.35 bits per heavy atom. The molecule has 0 aliphatic carbocycles. The molecule has 0 saturated heterocycles. The number of carbonyl (C=O) groups excluding carboxylic acids is 1. The lowest BCUT2D eigenvalue weighted by atomic mass is 10.2. The summed E-state index contributed by atoms with van der Waals surface area (Å²) in [6.45, 7) is 1.48. The minimum Gasteiger partial charge on any atom is -0.352 e. The molecule has 0 aliphatic heterocycles. The molecule has 0 unspecified atom stereocenters. The monoisotopic (exact) mass is 289 g/mol. The van der Waals surface area contributed by atoms with Gasteiger partial charge in [-0.05, 0) is 30.2 Å². The van der Waals surface area contributed by atoms with Crippen LogP contribution in [0.25, 0.3) is 6.08 Å². The fraction of sp³-hybridized carbons (Fsp3) is 0.200. The first-order valence-corrected chi connectivity index (χ1v) is 6.79. The molecule has 1 amide bonds. The average molecular weight is 290 g/mol. The third kappa shape index (κ3) is 4.90. The fourth-order valence-electron chi connectivity index (χ4n) is 1.73. The molecule has 1 heterocycles. The Labute approximate surface area is 123 Å². The van der Waals surface area contributed by atoms with E-state index in [2.05, 4.69) is 10.3 Å². The molecule has 1 aromatic carbocycles. The Balaban J connectivity index is 1.70. The molecule has 5 heteroatoms. The molecule has 0 aliphatic rings. The van der Waals surface area contributed by atoms with Crippen LogP contribution in [0.2, 0.25) is 5.02 Å². The topological polar surface area (TPSA) is 46.9 Å². The molecular formula is C15H16ClN3O. The van der Waals surface area contributed by atoms with E-state index in [4.69, 9.17) is 11.6 Å². The lowest BCUT2D eigenvalue weighted by Crippen LogP contribution is -2.22. The Morgan fingerprint density at radius 1 is 1.45 bits per heavy atom. The van der Waals surface area contributed by atoms with E-state index in [-0.39, 0.29) is 5.91 Å². The van der Waals surface area contributed by atoms with Gasteiger partial charge < -0.3 is 9.88 Å². The van der Waals surface area contributed by atoms with Crippen LogP contribution in [-0.2, 0) is 11.3 Å². The number of carbonyl (C=O) groups is 1. The number of rotatable bonds is 6. The van der Waals surface area contributed by atoms with Gasteiger partial charge >= 0.3 is 0 Å². The van der Waals surface area contributed by atoms with Gasteiger partial charge in [-0.15, -0.1) is 0 Å². The Bertz CT molecular complexity index is 579. The van der Waals surface area contributed by atoms with Gasteiger partial charge in [0.15, 0.2) is 0 Å². The Morgan fingerprint density at radius 3 is 3.10 bits per heavy atom. The Hall–Kier alpha value is -2.07. The zero-order valence-corrected chi connectivity index (χ0v) is 11.8. The van der Waals surface area contributed by atoms with Gasteiger partial charge in [-0.3, -0.25) is 4.79 Å². The predicted molar refractivity (Wildman–Crippen MR) is 80.3 cm³/mol. The van der Waals surface area contributed by atoms with Crippen LogP contribution in [0.5, 0.6) is 0 Å². The summed E-state index contributed by atoms with van der Waals surface area (Å²) in [6.07, 6.45) is 9.54. The van der Waals surface area contributed by atoms with Crippen molar-refractivity contribution in [2.45, 2.75) is 13.0 Å². The highest BCUT2D eigenvalue weighted by Crippen LogP contribution is 2.11. The largest absolute Gasteiger partial charge is 0.352 e. The summed E-state index contributed by atoms with van der Waals surface area (Å²) in [5.41, 5.74) is 0.908. The molecule has 0 spiro atoms. The molecule has 1 N–H and O–H groups in total. The second-order valence-electron chi connectivity index (χ2n) is 4.33. The highest BCUT2D eigenvalue weighted by Gasteiger charge is 1.96. The maximum absolute atomic E-state index is 11.6. The van der Waals surface area contributed by atoms with Crippen molar-refractivity contribution in [3.05, 3.63) is 59.6 Å². The number of amides is 1. The number of imidazole rings is 1. The van der Waals surface area contributed by atoms with E-state index in [1.54, 1.807) is 24.7 Å². The quantitative estimate of drug-likeness (QED) is 0.656. The number of hydrogen-bond donors (Lipinski definition) is 1. The molecule has 20 heavy (non-hydrogen) atoms. The smallest absolute Gasteiger partial charge is 0.244 e. The van der Waals surface area contributed by atoms with Crippen LogP contribution < -0.4 is 5.32 Å². The van der Waals surface area contributed by atoms with E-state index in [0.717, 1.165) is 18.5 Å². The molecule has 0 radical (unpaired) electrons. The van der Waals surface area contributed by atoms with Gasteiger partial charge in [0, 0.05) is 36.6 Å². The summed E-state index contributed by atoms with van der Waals surface area (Å²) >= 11 is 5.87. The minimum absolute atomic E-state index is 0.101. The lowest BCUT2D eigenvalue weighted by Gasteiger charge is -2.03. The standard InChI is InChI=1S/C15H16ClN3O/c16-14-4-1-3-13(11-14)5-6-15(20)18-7-2-9-19-10-8-17-12-19/h1,3-6,8,10-12H,2,7,9H2,(H,18,20). The van der Waals surface area contributed by atoms with Crippen LogP contribution in [0.1, 0.15) is 12.0 Å².